The SMILES string of the molecule is CCC(C)NC(=O)C1CCC2S/C(=C/c3ccc(C)cc3)C(=O)NC2C1. The minimum atomic E-state index is -0.0141. The van der Waals surface area contributed by atoms with Gasteiger partial charge in [0.1, 0.15) is 0 Å². The van der Waals surface area contributed by atoms with Crippen molar-refractivity contribution < 1.29 is 9.59 Å². The molecule has 1 aliphatic carbocycles. The summed E-state index contributed by atoms with van der Waals surface area (Å²) in [7, 11) is 0. The standard InChI is InChI=1S/C21H28N2O2S/c1-4-14(3)22-20(24)16-9-10-18-17(12-16)23-21(25)19(26-18)11-15-7-5-13(2)6-8-15/h5-8,11,14,16-18H,4,9-10,12H2,1-3H3,(H,22,24)(H,23,25)/b19-11+. The highest BCUT2D eigenvalue weighted by atomic mass is 32.2. The number of amides is 2. The topological polar surface area (TPSA) is 58.2 Å². The van der Waals surface area contributed by atoms with E-state index in [0.717, 1.165) is 36.2 Å². The lowest BCUT2D eigenvalue weighted by atomic mass is 9.84. The van der Waals surface area contributed by atoms with Gasteiger partial charge < -0.3 is 10.6 Å². The molecule has 1 aromatic carbocycles. The summed E-state index contributed by atoms with van der Waals surface area (Å²) in [5, 5.41) is 6.58. The smallest absolute Gasteiger partial charge is 0.257 e. The van der Waals surface area contributed by atoms with E-state index in [1.165, 1.54) is 5.56 Å². The second-order valence-corrected chi connectivity index (χ2v) is 8.76. The molecule has 1 heterocycles. The first kappa shape index (κ1) is 19.0. The first-order valence-electron chi connectivity index (χ1n) is 9.52. The molecule has 4 nitrogen and oxygen atoms in total. The van der Waals surface area contributed by atoms with Gasteiger partial charge in [-0.25, -0.2) is 0 Å². The van der Waals surface area contributed by atoms with Crippen LogP contribution in [0.5, 0.6) is 0 Å². The third kappa shape index (κ3) is 4.50. The summed E-state index contributed by atoms with van der Waals surface area (Å²) in [6, 6.07) is 8.49. The Balaban J connectivity index is 1.64. The van der Waals surface area contributed by atoms with Crippen LogP contribution in [0.3, 0.4) is 0 Å². The van der Waals surface area contributed by atoms with Crippen molar-refractivity contribution in [2.45, 2.75) is 63.8 Å². The quantitative estimate of drug-likeness (QED) is 0.793. The van der Waals surface area contributed by atoms with Gasteiger partial charge in [0.2, 0.25) is 5.91 Å². The molecule has 0 aromatic heterocycles. The lowest BCUT2D eigenvalue weighted by Crippen LogP contribution is -2.52. The molecule has 2 amide bonds. The highest BCUT2D eigenvalue weighted by molar-refractivity contribution is 8.04. The van der Waals surface area contributed by atoms with Crippen molar-refractivity contribution >= 4 is 29.7 Å². The van der Waals surface area contributed by atoms with Gasteiger partial charge in [0.25, 0.3) is 5.91 Å². The summed E-state index contributed by atoms with van der Waals surface area (Å²) < 4.78 is 0. The normalized spacial score (nSPS) is 28.2. The summed E-state index contributed by atoms with van der Waals surface area (Å²) in [5.41, 5.74) is 2.26. The second-order valence-electron chi connectivity index (χ2n) is 7.48. The van der Waals surface area contributed by atoms with E-state index in [9.17, 15) is 9.59 Å². The largest absolute Gasteiger partial charge is 0.353 e. The fourth-order valence-electron chi connectivity index (χ4n) is 3.51. The predicted octanol–water partition coefficient (Wildman–Crippen LogP) is 3.65. The molecule has 4 unspecified atom stereocenters. The van der Waals surface area contributed by atoms with Gasteiger partial charge in [-0.15, -0.1) is 11.8 Å². The predicted molar refractivity (Wildman–Crippen MR) is 108 cm³/mol. The first-order chi connectivity index (χ1) is 12.5. The van der Waals surface area contributed by atoms with Crippen molar-refractivity contribution in [3.63, 3.8) is 0 Å². The molecule has 2 fully saturated rings. The van der Waals surface area contributed by atoms with Crippen molar-refractivity contribution in [2.24, 2.45) is 5.92 Å². The zero-order valence-corrected chi connectivity index (χ0v) is 16.6. The van der Waals surface area contributed by atoms with Gasteiger partial charge in [0.15, 0.2) is 0 Å². The number of fused-ring (bicyclic) bond motifs is 1. The van der Waals surface area contributed by atoms with E-state index in [1.807, 2.05) is 25.1 Å². The van der Waals surface area contributed by atoms with Crippen molar-refractivity contribution in [2.75, 3.05) is 0 Å². The third-order valence-corrected chi connectivity index (χ3v) is 6.78. The maximum absolute atomic E-state index is 12.5. The molecule has 0 bridgehead atoms. The molecule has 4 atom stereocenters. The van der Waals surface area contributed by atoms with E-state index in [0.29, 0.717) is 5.25 Å². The molecule has 140 valence electrons. The van der Waals surface area contributed by atoms with Gasteiger partial charge in [-0.05, 0) is 51.2 Å². The van der Waals surface area contributed by atoms with Crippen LogP contribution in [0.15, 0.2) is 29.2 Å². The zero-order chi connectivity index (χ0) is 18.7. The Hall–Kier alpha value is -1.75. The molecule has 5 heteroatoms. The first-order valence-corrected chi connectivity index (χ1v) is 10.4. The Labute approximate surface area is 160 Å². The van der Waals surface area contributed by atoms with Crippen molar-refractivity contribution in [3.8, 4) is 0 Å². The monoisotopic (exact) mass is 372 g/mol. The van der Waals surface area contributed by atoms with Gasteiger partial charge in [0.05, 0.1) is 4.91 Å². The van der Waals surface area contributed by atoms with Gasteiger partial charge in [-0.1, -0.05) is 36.8 Å². The Morgan fingerprint density at radius 2 is 2.08 bits per heavy atom. The van der Waals surface area contributed by atoms with E-state index in [2.05, 4.69) is 36.6 Å². The van der Waals surface area contributed by atoms with Crippen LogP contribution in [-0.2, 0) is 9.59 Å². The number of aryl methyl sites for hydroxylation is 1. The number of nitrogens with one attached hydrogen (secondary N) is 2. The van der Waals surface area contributed by atoms with Crippen LogP contribution in [0.4, 0.5) is 0 Å². The number of carbonyl (C=O) groups excluding carboxylic acids is 2. The highest BCUT2D eigenvalue weighted by Gasteiger charge is 2.39. The van der Waals surface area contributed by atoms with Crippen molar-refractivity contribution in [1.82, 2.24) is 10.6 Å². The second kappa shape index (κ2) is 8.30. The molecule has 2 aliphatic rings. The van der Waals surface area contributed by atoms with Crippen LogP contribution < -0.4 is 10.6 Å². The third-order valence-electron chi connectivity index (χ3n) is 5.35. The van der Waals surface area contributed by atoms with Gasteiger partial charge >= 0.3 is 0 Å². The molecule has 1 aromatic rings. The van der Waals surface area contributed by atoms with E-state index >= 15 is 0 Å². The zero-order valence-electron chi connectivity index (χ0n) is 15.7. The van der Waals surface area contributed by atoms with Crippen LogP contribution in [0, 0.1) is 12.8 Å². The van der Waals surface area contributed by atoms with Crippen molar-refractivity contribution in [1.29, 1.82) is 0 Å². The lowest BCUT2D eigenvalue weighted by molar-refractivity contribution is -0.127. The molecule has 1 saturated heterocycles. The average Bonchev–Trinajstić information content (AvgIpc) is 2.63. The molecule has 0 spiro atoms. The average molecular weight is 373 g/mol. The molecule has 1 aliphatic heterocycles. The van der Waals surface area contributed by atoms with Crippen LogP contribution in [-0.4, -0.2) is 29.1 Å². The van der Waals surface area contributed by atoms with E-state index in [1.54, 1.807) is 11.8 Å². The molecular weight excluding hydrogens is 344 g/mol. The molecule has 0 radical (unpaired) electrons. The number of hydrogen-bond acceptors (Lipinski definition) is 3. The number of rotatable bonds is 4. The summed E-state index contributed by atoms with van der Waals surface area (Å²) in [6.07, 6.45) is 5.49. The molecule has 2 N–H and O–H groups in total. The molecular formula is C21H28N2O2S. The Kier molecular flexibility index (Phi) is 6.07. The number of thioether (sulfide) groups is 1. The van der Waals surface area contributed by atoms with Crippen LogP contribution in [0.25, 0.3) is 6.08 Å². The Morgan fingerprint density at radius 3 is 2.77 bits per heavy atom. The maximum atomic E-state index is 12.5. The number of benzene rings is 1. The maximum Gasteiger partial charge on any atom is 0.257 e. The van der Waals surface area contributed by atoms with Crippen LogP contribution in [0.1, 0.15) is 50.7 Å². The summed E-state index contributed by atoms with van der Waals surface area (Å²) in [5.74, 6) is 0.131. The fraction of sp³-hybridized carbons (Fsp3) is 0.524. The van der Waals surface area contributed by atoms with E-state index < -0.39 is 0 Å². The Bertz CT molecular complexity index is 698. The van der Waals surface area contributed by atoms with E-state index in [4.69, 9.17) is 0 Å². The van der Waals surface area contributed by atoms with E-state index in [-0.39, 0.29) is 29.8 Å². The molecule has 3 rings (SSSR count). The van der Waals surface area contributed by atoms with Gasteiger partial charge in [-0.3, -0.25) is 9.59 Å². The number of hydrogen-bond donors (Lipinski definition) is 2. The molecule has 1 saturated carbocycles. The minimum absolute atomic E-state index is 0.00813. The number of carbonyl (C=O) groups is 2. The fourth-order valence-corrected chi connectivity index (χ4v) is 4.80. The lowest BCUT2D eigenvalue weighted by Gasteiger charge is -2.39. The summed E-state index contributed by atoms with van der Waals surface area (Å²) >= 11 is 1.67. The molecule has 26 heavy (non-hydrogen) atoms. The Morgan fingerprint density at radius 1 is 1.35 bits per heavy atom. The minimum Gasteiger partial charge on any atom is -0.353 e. The van der Waals surface area contributed by atoms with Crippen LogP contribution in [0.2, 0.25) is 0 Å². The summed E-state index contributed by atoms with van der Waals surface area (Å²) in [6.45, 7) is 6.16. The highest BCUT2D eigenvalue weighted by Crippen LogP contribution is 2.40. The van der Waals surface area contributed by atoms with Crippen LogP contribution >= 0.6 is 11.8 Å². The van der Waals surface area contributed by atoms with Gasteiger partial charge in [-0.2, -0.15) is 0 Å². The van der Waals surface area contributed by atoms with Gasteiger partial charge in [0, 0.05) is 23.3 Å². The van der Waals surface area contributed by atoms with Crippen molar-refractivity contribution in [3.05, 3.63) is 40.3 Å². The summed E-state index contributed by atoms with van der Waals surface area (Å²) in [4.78, 5) is 25.7.